The Kier molecular flexibility index (Phi) is 3.46. The molecule has 0 bridgehead atoms. The van der Waals surface area contributed by atoms with Gasteiger partial charge in [0.05, 0.1) is 25.4 Å². The normalized spacial score (nSPS) is 28.0. The summed E-state index contributed by atoms with van der Waals surface area (Å²) in [6.45, 7) is 6.36. The van der Waals surface area contributed by atoms with Crippen LogP contribution in [0.1, 0.15) is 41.9 Å². The molecule has 3 saturated heterocycles. The maximum Gasteiger partial charge on any atom is 0.291 e. The number of carbonyl (C=O) groups is 1. The highest BCUT2D eigenvalue weighted by molar-refractivity contribution is 5.93. The van der Waals surface area contributed by atoms with Crippen molar-refractivity contribution in [3.8, 4) is 0 Å². The van der Waals surface area contributed by atoms with Crippen LogP contribution in [0.2, 0.25) is 0 Å². The predicted octanol–water partition coefficient (Wildman–Crippen LogP) is 1.45. The van der Waals surface area contributed by atoms with Crippen LogP contribution in [-0.4, -0.2) is 65.1 Å². The van der Waals surface area contributed by atoms with Crippen molar-refractivity contribution >= 4 is 5.91 Å². The molecular weight excluding hydrogens is 282 g/mol. The standard InChI is InChI=1S/C16H23N3O3/c1-12-14(21-11-17-12)15(20)19-9-16(10-19)7-13(8-22-16)18-5-3-2-4-6-18/h11,13H,2-10H2,1H3. The maximum atomic E-state index is 12.4. The van der Waals surface area contributed by atoms with Crippen LogP contribution in [0.3, 0.4) is 0 Å². The van der Waals surface area contributed by atoms with Crippen molar-refractivity contribution in [2.24, 2.45) is 0 Å². The zero-order chi connectivity index (χ0) is 15.2. The van der Waals surface area contributed by atoms with Crippen LogP contribution in [-0.2, 0) is 4.74 Å². The van der Waals surface area contributed by atoms with E-state index in [1.165, 1.54) is 38.7 Å². The summed E-state index contributed by atoms with van der Waals surface area (Å²) in [4.78, 5) is 20.7. The van der Waals surface area contributed by atoms with Crippen LogP contribution in [0, 0.1) is 6.92 Å². The zero-order valence-corrected chi connectivity index (χ0v) is 13.1. The van der Waals surface area contributed by atoms with E-state index in [-0.39, 0.29) is 11.5 Å². The lowest BCUT2D eigenvalue weighted by molar-refractivity contribution is -0.0957. The maximum absolute atomic E-state index is 12.4. The number of aromatic nitrogens is 1. The number of hydrogen-bond donors (Lipinski definition) is 0. The topological polar surface area (TPSA) is 58.8 Å². The van der Waals surface area contributed by atoms with Gasteiger partial charge in [0.1, 0.15) is 5.60 Å². The quantitative estimate of drug-likeness (QED) is 0.828. The van der Waals surface area contributed by atoms with Gasteiger partial charge in [0.25, 0.3) is 5.91 Å². The Hall–Kier alpha value is -1.40. The molecule has 0 aromatic carbocycles. The van der Waals surface area contributed by atoms with Crippen LogP contribution >= 0.6 is 0 Å². The van der Waals surface area contributed by atoms with Crippen LogP contribution in [0.25, 0.3) is 0 Å². The average Bonchev–Trinajstić information content (AvgIpc) is 3.12. The predicted molar refractivity (Wildman–Crippen MR) is 79.7 cm³/mol. The average molecular weight is 305 g/mol. The molecule has 3 aliphatic heterocycles. The fourth-order valence-electron chi connectivity index (χ4n) is 4.00. The van der Waals surface area contributed by atoms with Crippen molar-refractivity contribution in [2.45, 2.75) is 44.2 Å². The van der Waals surface area contributed by atoms with Crippen molar-refractivity contribution < 1.29 is 13.9 Å². The van der Waals surface area contributed by atoms with Crippen molar-refractivity contribution in [1.29, 1.82) is 0 Å². The SMILES string of the molecule is Cc1ncoc1C(=O)N1CC2(CC(N3CCCCC3)CO2)C1. The van der Waals surface area contributed by atoms with Crippen LogP contribution < -0.4 is 0 Å². The van der Waals surface area contributed by atoms with E-state index in [1.54, 1.807) is 6.92 Å². The van der Waals surface area contributed by atoms with Gasteiger partial charge in [-0.3, -0.25) is 9.69 Å². The number of amides is 1. The number of oxazole rings is 1. The van der Waals surface area contributed by atoms with Crippen molar-refractivity contribution in [3.63, 3.8) is 0 Å². The summed E-state index contributed by atoms with van der Waals surface area (Å²) in [5.41, 5.74) is 0.538. The Bertz CT molecular complexity index is 559. The van der Waals surface area contributed by atoms with Gasteiger partial charge < -0.3 is 14.1 Å². The molecule has 22 heavy (non-hydrogen) atoms. The molecule has 1 aromatic heterocycles. The fourth-order valence-corrected chi connectivity index (χ4v) is 4.00. The smallest absolute Gasteiger partial charge is 0.291 e. The van der Waals surface area contributed by atoms with Gasteiger partial charge >= 0.3 is 0 Å². The van der Waals surface area contributed by atoms with Crippen LogP contribution in [0.4, 0.5) is 0 Å². The van der Waals surface area contributed by atoms with E-state index in [1.807, 2.05) is 4.90 Å². The molecule has 1 unspecified atom stereocenters. The van der Waals surface area contributed by atoms with Crippen molar-refractivity contribution in [1.82, 2.24) is 14.8 Å². The van der Waals surface area contributed by atoms with E-state index in [0.717, 1.165) is 13.0 Å². The van der Waals surface area contributed by atoms with Gasteiger partial charge in [-0.25, -0.2) is 4.98 Å². The molecule has 120 valence electrons. The molecule has 1 atom stereocenters. The minimum absolute atomic E-state index is 0.0642. The summed E-state index contributed by atoms with van der Waals surface area (Å²) in [6, 6.07) is 0.532. The first-order valence-corrected chi connectivity index (χ1v) is 8.24. The first kappa shape index (κ1) is 14.2. The molecule has 3 aliphatic rings. The summed E-state index contributed by atoms with van der Waals surface area (Å²) in [7, 11) is 0. The van der Waals surface area contributed by atoms with Gasteiger partial charge in [0.15, 0.2) is 6.39 Å². The van der Waals surface area contributed by atoms with Crippen LogP contribution in [0.15, 0.2) is 10.8 Å². The monoisotopic (exact) mass is 305 g/mol. The lowest BCUT2D eigenvalue weighted by atomic mass is 9.88. The molecule has 0 saturated carbocycles. The second kappa shape index (κ2) is 5.35. The summed E-state index contributed by atoms with van der Waals surface area (Å²) < 4.78 is 11.3. The Morgan fingerprint density at radius 2 is 2.09 bits per heavy atom. The molecule has 1 aromatic rings. The number of likely N-dealkylation sites (tertiary alicyclic amines) is 2. The number of nitrogens with zero attached hydrogens (tertiary/aromatic N) is 3. The third kappa shape index (κ3) is 2.34. The highest BCUT2D eigenvalue weighted by atomic mass is 16.5. The number of carbonyl (C=O) groups excluding carboxylic acids is 1. The molecule has 1 spiro atoms. The molecular formula is C16H23N3O3. The van der Waals surface area contributed by atoms with Gasteiger partial charge in [-0.05, 0) is 39.3 Å². The van der Waals surface area contributed by atoms with E-state index >= 15 is 0 Å². The Balaban J connectivity index is 1.35. The lowest BCUT2D eigenvalue weighted by Gasteiger charge is -2.47. The molecule has 1 amide bonds. The third-order valence-electron chi connectivity index (χ3n) is 5.28. The molecule has 4 heterocycles. The summed E-state index contributed by atoms with van der Waals surface area (Å²) >= 11 is 0. The Morgan fingerprint density at radius 1 is 1.32 bits per heavy atom. The van der Waals surface area contributed by atoms with Crippen LogP contribution in [0.5, 0.6) is 0 Å². The minimum Gasteiger partial charge on any atom is -0.438 e. The lowest BCUT2D eigenvalue weighted by Crippen LogP contribution is -2.63. The molecule has 0 aliphatic carbocycles. The molecule has 6 heteroatoms. The summed E-state index contributed by atoms with van der Waals surface area (Å²) in [5, 5.41) is 0. The summed E-state index contributed by atoms with van der Waals surface area (Å²) in [6.07, 6.45) is 6.34. The first-order chi connectivity index (χ1) is 10.7. The molecule has 0 radical (unpaired) electrons. The third-order valence-corrected chi connectivity index (χ3v) is 5.28. The number of piperidine rings is 1. The van der Waals surface area contributed by atoms with Gasteiger partial charge in [0, 0.05) is 6.04 Å². The largest absolute Gasteiger partial charge is 0.438 e. The van der Waals surface area contributed by atoms with E-state index in [2.05, 4.69) is 9.88 Å². The second-order valence-corrected chi connectivity index (χ2v) is 6.88. The highest BCUT2D eigenvalue weighted by Crippen LogP contribution is 2.38. The van der Waals surface area contributed by atoms with Crippen molar-refractivity contribution in [3.05, 3.63) is 17.8 Å². The van der Waals surface area contributed by atoms with Gasteiger partial charge in [0.2, 0.25) is 5.76 Å². The second-order valence-electron chi connectivity index (χ2n) is 6.88. The van der Waals surface area contributed by atoms with Gasteiger partial charge in [-0.2, -0.15) is 0 Å². The Morgan fingerprint density at radius 3 is 2.77 bits per heavy atom. The first-order valence-electron chi connectivity index (χ1n) is 8.24. The highest BCUT2D eigenvalue weighted by Gasteiger charge is 2.52. The molecule has 6 nitrogen and oxygen atoms in total. The van der Waals surface area contributed by atoms with E-state index in [9.17, 15) is 4.79 Å². The number of aryl methyl sites for hydroxylation is 1. The van der Waals surface area contributed by atoms with E-state index in [0.29, 0.717) is 30.6 Å². The van der Waals surface area contributed by atoms with Crippen molar-refractivity contribution in [2.75, 3.05) is 32.8 Å². The van der Waals surface area contributed by atoms with E-state index in [4.69, 9.17) is 9.15 Å². The molecule has 4 rings (SSSR count). The number of ether oxygens (including phenoxy) is 1. The van der Waals surface area contributed by atoms with Gasteiger partial charge in [-0.1, -0.05) is 6.42 Å². The van der Waals surface area contributed by atoms with Gasteiger partial charge in [-0.15, -0.1) is 0 Å². The number of hydrogen-bond acceptors (Lipinski definition) is 5. The fraction of sp³-hybridized carbons (Fsp3) is 0.750. The molecule has 3 fully saturated rings. The minimum atomic E-state index is -0.119. The van der Waals surface area contributed by atoms with E-state index < -0.39 is 0 Å². The zero-order valence-electron chi connectivity index (χ0n) is 13.1. The molecule has 0 N–H and O–H groups in total. The Labute approximate surface area is 130 Å². The number of rotatable bonds is 2. The summed E-state index contributed by atoms with van der Waals surface area (Å²) in [5.74, 6) is 0.297.